The van der Waals surface area contributed by atoms with Gasteiger partial charge in [-0.2, -0.15) is 0 Å². The first-order chi connectivity index (χ1) is 28.8. The summed E-state index contributed by atoms with van der Waals surface area (Å²) in [5, 5.41) is 44.1. The van der Waals surface area contributed by atoms with Crippen molar-refractivity contribution in [1.29, 1.82) is 0 Å². The van der Waals surface area contributed by atoms with E-state index in [2.05, 4.69) is 16.0 Å². The second-order valence-corrected chi connectivity index (χ2v) is 21.4. The normalized spacial score (nSPS) is 16.3. The van der Waals surface area contributed by atoms with Gasteiger partial charge in [-0.1, -0.05) is 0 Å². The highest BCUT2D eigenvalue weighted by atomic mass is 28.4. The van der Waals surface area contributed by atoms with Crippen LogP contribution in [0.3, 0.4) is 0 Å². The molecular formula is C34H69N3O19Si3. The molecule has 0 radical (unpaired) electrons. The van der Waals surface area contributed by atoms with Crippen LogP contribution in [0, 0.1) is 0 Å². The van der Waals surface area contributed by atoms with E-state index in [-0.39, 0.29) is 85.8 Å². The molecule has 346 valence electrons. The molecule has 2 rings (SSSR count). The smallest absolute Gasteiger partial charge is 0.449 e. The molecule has 0 saturated carbocycles. The van der Waals surface area contributed by atoms with Crippen LogP contribution in [-0.4, -0.2) is 190 Å². The minimum Gasteiger partial charge on any atom is -0.449 e. The van der Waals surface area contributed by atoms with Gasteiger partial charge in [0.1, 0.15) is 13.2 Å². The molecule has 59 heavy (non-hydrogen) atoms. The van der Waals surface area contributed by atoms with Crippen LogP contribution in [0.2, 0.25) is 18.1 Å². The van der Waals surface area contributed by atoms with Gasteiger partial charge in [0.05, 0.1) is 19.8 Å². The van der Waals surface area contributed by atoms with Crippen molar-refractivity contribution in [1.82, 2.24) is 16.0 Å². The Morgan fingerprint density at radius 1 is 0.475 bits per heavy atom. The van der Waals surface area contributed by atoms with Gasteiger partial charge in [0.2, 0.25) is 0 Å². The number of alkyl carbamates (subject to hydrolysis) is 3. The lowest BCUT2D eigenvalue weighted by Crippen LogP contribution is -2.50. The van der Waals surface area contributed by atoms with Gasteiger partial charge in [-0.25, -0.2) is 14.4 Å². The highest BCUT2D eigenvalue weighted by Gasteiger charge is 2.45. The van der Waals surface area contributed by atoms with E-state index in [0.29, 0.717) is 103 Å². The summed E-state index contributed by atoms with van der Waals surface area (Å²) in [5.41, 5.74) is 0. The van der Waals surface area contributed by atoms with E-state index in [9.17, 15) is 19.5 Å². The SMILES string of the molecule is O=C(NCCC[Si]1(OCCCO[Si](CCCNC(=O)OCCCO)(OCCCO)OCCCO[Si]2(CCCNC(=O)OCCO)OCCCO2)OCCCO1)OCCO. The number of aliphatic hydroxyl groups is 4. The molecule has 2 aliphatic rings. The number of nitrogens with one attached hydrogen (secondary N) is 3. The molecule has 2 aliphatic heterocycles. The summed E-state index contributed by atoms with van der Waals surface area (Å²) in [5.74, 6) is 0. The van der Waals surface area contributed by atoms with E-state index in [1.54, 1.807) is 0 Å². The van der Waals surface area contributed by atoms with Crippen molar-refractivity contribution in [3.63, 3.8) is 0 Å². The Morgan fingerprint density at radius 2 is 0.864 bits per heavy atom. The van der Waals surface area contributed by atoms with Crippen LogP contribution in [0.5, 0.6) is 0 Å². The molecule has 0 aliphatic carbocycles. The molecule has 7 N–H and O–H groups in total. The zero-order valence-corrected chi connectivity index (χ0v) is 37.3. The lowest BCUT2D eigenvalue weighted by molar-refractivity contribution is 0.0108. The summed E-state index contributed by atoms with van der Waals surface area (Å²) < 4.78 is 70.6. The number of hydrogen-bond donors (Lipinski definition) is 7. The second kappa shape index (κ2) is 33.6. The maximum absolute atomic E-state index is 12.1. The van der Waals surface area contributed by atoms with E-state index in [0.717, 1.165) is 12.8 Å². The lowest BCUT2D eigenvalue weighted by atomic mass is 10.5. The molecule has 0 spiro atoms. The monoisotopic (exact) mass is 907 g/mol. The van der Waals surface area contributed by atoms with E-state index in [4.69, 9.17) is 69.4 Å². The van der Waals surface area contributed by atoms with Crippen LogP contribution in [0.1, 0.15) is 57.8 Å². The van der Waals surface area contributed by atoms with Crippen LogP contribution in [0.4, 0.5) is 14.4 Å². The fraction of sp³-hybridized carbons (Fsp3) is 0.912. The quantitative estimate of drug-likeness (QED) is 0.0261. The van der Waals surface area contributed by atoms with E-state index in [1.165, 1.54) is 0 Å². The molecule has 2 saturated heterocycles. The molecule has 0 aromatic heterocycles. The Kier molecular flexibility index (Phi) is 30.2. The van der Waals surface area contributed by atoms with Gasteiger partial charge in [0.25, 0.3) is 0 Å². The maximum atomic E-state index is 12.1. The molecule has 3 amide bonds. The second-order valence-electron chi connectivity index (χ2n) is 13.2. The molecule has 2 heterocycles. The first-order valence-electron chi connectivity index (χ1n) is 20.7. The van der Waals surface area contributed by atoms with Gasteiger partial charge in [0.15, 0.2) is 0 Å². The number of amides is 3. The Bertz CT molecular complexity index is 1040. The maximum Gasteiger partial charge on any atom is 0.501 e. The molecule has 0 aromatic rings. The van der Waals surface area contributed by atoms with Crippen LogP contribution in [-0.2, 0) is 54.0 Å². The third-order valence-corrected chi connectivity index (χ3v) is 17.0. The van der Waals surface area contributed by atoms with Crippen LogP contribution >= 0.6 is 0 Å². The van der Waals surface area contributed by atoms with Gasteiger partial charge < -0.3 is 90.4 Å². The Hall–Kier alpha value is -2.06. The summed E-state index contributed by atoms with van der Waals surface area (Å²) in [6.45, 7) is 3.27. The number of aliphatic hydroxyl groups excluding tert-OH is 4. The minimum absolute atomic E-state index is 0.0854. The topological polar surface area (TPSA) is 279 Å². The van der Waals surface area contributed by atoms with E-state index in [1.807, 2.05) is 0 Å². The van der Waals surface area contributed by atoms with Gasteiger partial charge >= 0.3 is 44.7 Å². The average molecular weight is 908 g/mol. The summed E-state index contributed by atoms with van der Waals surface area (Å²) in [7, 11) is -9.47. The lowest BCUT2D eigenvalue weighted by Gasteiger charge is -2.34. The van der Waals surface area contributed by atoms with Crippen molar-refractivity contribution in [2.75, 3.05) is 125 Å². The Labute approximate surface area is 350 Å². The fourth-order valence-corrected chi connectivity index (χ4v) is 13.5. The number of carbonyl (C=O) groups excluding carboxylic acids is 3. The molecule has 22 nitrogen and oxygen atoms in total. The highest BCUT2D eigenvalue weighted by molar-refractivity contribution is 6.61. The average Bonchev–Trinajstić information content (AvgIpc) is 3.24. The predicted molar refractivity (Wildman–Crippen MR) is 213 cm³/mol. The predicted octanol–water partition coefficient (Wildman–Crippen LogP) is 0.638. The Morgan fingerprint density at radius 3 is 1.29 bits per heavy atom. The van der Waals surface area contributed by atoms with Crippen molar-refractivity contribution in [3.05, 3.63) is 0 Å². The molecule has 0 unspecified atom stereocenters. The fourth-order valence-electron chi connectivity index (χ4n) is 5.52. The Balaban J connectivity index is 1.99. The first-order valence-corrected chi connectivity index (χ1v) is 26.5. The largest absolute Gasteiger partial charge is 0.501 e. The summed E-state index contributed by atoms with van der Waals surface area (Å²) in [4.78, 5) is 35.6. The van der Waals surface area contributed by atoms with E-state index < -0.39 is 44.7 Å². The van der Waals surface area contributed by atoms with Gasteiger partial charge in [-0.15, -0.1) is 0 Å². The third kappa shape index (κ3) is 24.8. The number of carbonyl (C=O) groups is 3. The number of rotatable bonds is 35. The van der Waals surface area contributed by atoms with Crippen LogP contribution < -0.4 is 16.0 Å². The zero-order valence-electron chi connectivity index (χ0n) is 34.3. The van der Waals surface area contributed by atoms with Crippen LogP contribution in [0.25, 0.3) is 0 Å². The third-order valence-electron chi connectivity index (χ3n) is 8.33. The standard InChI is InChI=1S/C34H69N3O19Si3/c38-13-4-17-45-32(42)35-10-1-29-57(48-18-5-14-39,49-19-6-21-51-58(53-23-8-24-54-58)30-2-11-36-33(43)46-27-15-40)50-20-7-22-52-59(55-25-9-26-56-59)31-3-12-37-34(44)47-28-16-41/h38-41H,1-31H2,(H,35,42)(H,36,43)(H,37,44). The zero-order chi connectivity index (χ0) is 42.8. The summed E-state index contributed by atoms with van der Waals surface area (Å²) >= 11 is 0. The van der Waals surface area contributed by atoms with Crippen molar-refractivity contribution < 1.29 is 88.9 Å². The molecule has 0 bridgehead atoms. The molecule has 2 fully saturated rings. The van der Waals surface area contributed by atoms with Crippen molar-refractivity contribution in [2.24, 2.45) is 0 Å². The van der Waals surface area contributed by atoms with Crippen molar-refractivity contribution in [3.8, 4) is 0 Å². The molecule has 25 heteroatoms. The van der Waals surface area contributed by atoms with Gasteiger partial charge in [-0.05, 0) is 51.4 Å². The van der Waals surface area contributed by atoms with Crippen LogP contribution in [0.15, 0.2) is 0 Å². The van der Waals surface area contributed by atoms with Gasteiger partial charge in [0, 0.05) is 117 Å². The van der Waals surface area contributed by atoms with Crippen molar-refractivity contribution in [2.45, 2.75) is 75.9 Å². The van der Waals surface area contributed by atoms with Gasteiger partial charge in [-0.3, -0.25) is 0 Å². The first kappa shape index (κ1) is 53.1. The molecule has 0 atom stereocenters. The number of hydrogen-bond acceptors (Lipinski definition) is 19. The summed E-state index contributed by atoms with van der Waals surface area (Å²) in [6.07, 6.45) is 2.75. The van der Waals surface area contributed by atoms with Crippen molar-refractivity contribution >= 4 is 44.7 Å². The summed E-state index contributed by atoms with van der Waals surface area (Å²) in [6, 6.07) is 1.30. The minimum atomic E-state index is -3.43. The number of ether oxygens (including phenoxy) is 3. The van der Waals surface area contributed by atoms with E-state index >= 15 is 0 Å². The molecular weight excluding hydrogens is 839 g/mol. The highest BCUT2D eigenvalue weighted by Crippen LogP contribution is 2.25. The molecule has 0 aromatic carbocycles.